The summed E-state index contributed by atoms with van der Waals surface area (Å²) in [6.45, 7) is 1.27. The smallest absolute Gasteiger partial charge is 0.251 e. The fourth-order valence-electron chi connectivity index (χ4n) is 2.27. The Hall–Kier alpha value is -2.70. The Morgan fingerprint density at radius 2 is 2.33 bits per heavy atom. The molecule has 0 spiro atoms. The number of hydrogen-bond donors (Lipinski definition) is 2. The molecule has 1 aromatic carbocycles. The molecule has 0 saturated heterocycles. The zero-order valence-electron chi connectivity index (χ0n) is 11.4. The third-order valence-corrected chi connectivity index (χ3v) is 3.31. The van der Waals surface area contributed by atoms with Crippen LogP contribution in [0.1, 0.15) is 22.3 Å². The molecule has 21 heavy (non-hydrogen) atoms. The fraction of sp³-hybridized carbons (Fsp3) is 0.286. The van der Waals surface area contributed by atoms with Crippen LogP contribution in [0.2, 0.25) is 0 Å². The van der Waals surface area contributed by atoms with Crippen LogP contribution in [0.3, 0.4) is 0 Å². The standard InChI is InChI=1S/C14H15N5O2/c20-13-9-11-8-10(2-3-12(11)17-13)14(21)15-4-1-6-19-7-5-16-18-19/h2-3,5,7-8H,1,4,6,9H2,(H,15,21)(H,17,20). The van der Waals surface area contributed by atoms with Gasteiger partial charge in [0.1, 0.15) is 0 Å². The van der Waals surface area contributed by atoms with Crippen LogP contribution >= 0.6 is 0 Å². The van der Waals surface area contributed by atoms with Gasteiger partial charge >= 0.3 is 0 Å². The predicted octanol–water partition coefficient (Wildman–Crippen LogP) is 0.593. The second-order valence-corrected chi connectivity index (χ2v) is 4.87. The first-order chi connectivity index (χ1) is 10.2. The van der Waals surface area contributed by atoms with Crippen molar-refractivity contribution in [2.24, 2.45) is 0 Å². The van der Waals surface area contributed by atoms with Crippen molar-refractivity contribution in [3.63, 3.8) is 0 Å². The van der Waals surface area contributed by atoms with Crippen molar-refractivity contribution in [1.82, 2.24) is 20.3 Å². The van der Waals surface area contributed by atoms with Crippen LogP contribution in [-0.2, 0) is 17.8 Å². The van der Waals surface area contributed by atoms with Crippen LogP contribution in [-0.4, -0.2) is 33.4 Å². The third-order valence-electron chi connectivity index (χ3n) is 3.31. The Morgan fingerprint density at radius 3 is 3.14 bits per heavy atom. The van der Waals surface area contributed by atoms with E-state index >= 15 is 0 Å². The molecule has 2 heterocycles. The van der Waals surface area contributed by atoms with E-state index in [1.54, 1.807) is 35.3 Å². The third kappa shape index (κ3) is 3.07. The van der Waals surface area contributed by atoms with Gasteiger partial charge in [-0.25, -0.2) is 0 Å². The average molecular weight is 285 g/mol. The first kappa shape index (κ1) is 13.3. The highest BCUT2D eigenvalue weighted by molar-refractivity contribution is 6.01. The summed E-state index contributed by atoms with van der Waals surface area (Å²) in [7, 11) is 0. The molecule has 2 aromatic rings. The molecular formula is C14H15N5O2. The Morgan fingerprint density at radius 1 is 1.43 bits per heavy atom. The monoisotopic (exact) mass is 285 g/mol. The van der Waals surface area contributed by atoms with Gasteiger partial charge in [0.15, 0.2) is 0 Å². The summed E-state index contributed by atoms with van der Waals surface area (Å²) < 4.78 is 1.72. The van der Waals surface area contributed by atoms with Gasteiger partial charge < -0.3 is 10.6 Å². The molecule has 0 bridgehead atoms. The molecule has 1 aliphatic rings. The number of amides is 2. The minimum atomic E-state index is -0.129. The van der Waals surface area contributed by atoms with E-state index in [0.29, 0.717) is 25.1 Å². The lowest BCUT2D eigenvalue weighted by molar-refractivity contribution is -0.115. The summed E-state index contributed by atoms with van der Waals surface area (Å²) >= 11 is 0. The van der Waals surface area contributed by atoms with Crippen molar-refractivity contribution in [3.8, 4) is 0 Å². The van der Waals surface area contributed by atoms with Gasteiger partial charge in [-0.15, -0.1) is 5.10 Å². The van der Waals surface area contributed by atoms with Crippen LogP contribution in [0, 0.1) is 0 Å². The van der Waals surface area contributed by atoms with E-state index in [1.807, 2.05) is 0 Å². The number of aryl methyl sites for hydroxylation is 1. The highest BCUT2D eigenvalue weighted by Gasteiger charge is 2.18. The van der Waals surface area contributed by atoms with E-state index in [9.17, 15) is 9.59 Å². The maximum absolute atomic E-state index is 12.0. The van der Waals surface area contributed by atoms with E-state index in [2.05, 4.69) is 20.9 Å². The van der Waals surface area contributed by atoms with Crippen LogP contribution in [0.5, 0.6) is 0 Å². The molecule has 108 valence electrons. The lowest BCUT2D eigenvalue weighted by atomic mass is 10.1. The number of benzene rings is 1. The van der Waals surface area contributed by atoms with Gasteiger partial charge in [0, 0.05) is 30.5 Å². The molecule has 7 nitrogen and oxygen atoms in total. The molecule has 1 aliphatic heterocycles. The fourth-order valence-corrected chi connectivity index (χ4v) is 2.27. The molecule has 3 rings (SSSR count). The highest BCUT2D eigenvalue weighted by Crippen LogP contribution is 2.23. The minimum absolute atomic E-state index is 0.0320. The van der Waals surface area contributed by atoms with E-state index in [0.717, 1.165) is 17.7 Å². The topological polar surface area (TPSA) is 88.9 Å². The number of nitrogens with one attached hydrogen (secondary N) is 2. The van der Waals surface area contributed by atoms with Gasteiger partial charge in [0.05, 0.1) is 12.6 Å². The number of carbonyl (C=O) groups is 2. The number of fused-ring (bicyclic) bond motifs is 1. The quantitative estimate of drug-likeness (QED) is 0.787. The van der Waals surface area contributed by atoms with E-state index < -0.39 is 0 Å². The molecular weight excluding hydrogens is 270 g/mol. The lowest BCUT2D eigenvalue weighted by Crippen LogP contribution is -2.25. The van der Waals surface area contributed by atoms with E-state index in [4.69, 9.17) is 0 Å². The van der Waals surface area contributed by atoms with Crippen molar-refractivity contribution >= 4 is 17.5 Å². The molecule has 2 amide bonds. The number of aromatic nitrogens is 3. The summed E-state index contributed by atoms with van der Waals surface area (Å²) in [5.41, 5.74) is 2.24. The van der Waals surface area contributed by atoms with Crippen molar-refractivity contribution < 1.29 is 9.59 Å². The molecule has 2 N–H and O–H groups in total. The van der Waals surface area contributed by atoms with Crippen LogP contribution in [0.25, 0.3) is 0 Å². The molecule has 0 radical (unpaired) electrons. The summed E-state index contributed by atoms with van der Waals surface area (Å²) in [6, 6.07) is 5.25. The number of rotatable bonds is 5. The van der Waals surface area contributed by atoms with Crippen LogP contribution in [0.4, 0.5) is 5.69 Å². The number of hydrogen-bond acceptors (Lipinski definition) is 4. The maximum Gasteiger partial charge on any atom is 0.251 e. The number of carbonyl (C=O) groups excluding carboxylic acids is 2. The first-order valence-corrected chi connectivity index (χ1v) is 6.77. The molecule has 7 heteroatoms. The minimum Gasteiger partial charge on any atom is -0.352 e. The largest absolute Gasteiger partial charge is 0.352 e. The summed E-state index contributed by atoms with van der Waals surface area (Å²) in [5.74, 6) is -0.161. The summed E-state index contributed by atoms with van der Waals surface area (Å²) in [4.78, 5) is 23.3. The summed E-state index contributed by atoms with van der Waals surface area (Å²) in [6.07, 6.45) is 4.52. The zero-order chi connectivity index (χ0) is 14.7. The van der Waals surface area contributed by atoms with Crippen LogP contribution < -0.4 is 10.6 Å². The van der Waals surface area contributed by atoms with E-state index in [-0.39, 0.29) is 11.8 Å². The van der Waals surface area contributed by atoms with Gasteiger partial charge in [-0.2, -0.15) is 0 Å². The Kier molecular flexibility index (Phi) is 3.63. The lowest BCUT2D eigenvalue weighted by Gasteiger charge is -2.06. The van der Waals surface area contributed by atoms with Gasteiger partial charge in [-0.1, -0.05) is 5.21 Å². The summed E-state index contributed by atoms with van der Waals surface area (Å²) in [5, 5.41) is 13.2. The van der Waals surface area contributed by atoms with Crippen molar-refractivity contribution in [2.45, 2.75) is 19.4 Å². The Balaban J connectivity index is 1.51. The molecule has 0 fully saturated rings. The van der Waals surface area contributed by atoms with Gasteiger partial charge in [-0.05, 0) is 30.2 Å². The molecule has 0 atom stereocenters. The molecule has 0 aliphatic carbocycles. The zero-order valence-corrected chi connectivity index (χ0v) is 11.4. The van der Waals surface area contributed by atoms with Gasteiger partial charge in [0.2, 0.25) is 5.91 Å². The second-order valence-electron chi connectivity index (χ2n) is 4.87. The van der Waals surface area contributed by atoms with Crippen molar-refractivity contribution in [1.29, 1.82) is 0 Å². The number of anilines is 1. The van der Waals surface area contributed by atoms with Crippen molar-refractivity contribution in [2.75, 3.05) is 11.9 Å². The van der Waals surface area contributed by atoms with Crippen LogP contribution in [0.15, 0.2) is 30.6 Å². The van der Waals surface area contributed by atoms with Gasteiger partial charge in [-0.3, -0.25) is 14.3 Å². The van der Waals surface area contributed by atoms with E-state index in [1.165, 1.54) is 0 Å². The Labute approximate surface area is 121 Å². The first-order valence-electron chi connectivity index (χ1n) is 6.77. The molecule has 1 aromatic heterocycles. The Bertz CT molecular complexity index is 666. The SMILES string of the molecule is O=C1Cc2cc(C(=O)NCCCn3ccnn3)ccc2N1. The number of nitrogens with zero attached hydrogens (tertiary/aromatic N) is 3. The highest BCUT2D eigenvalue weighted by atomic mass is 16.2. The normalized spacial score (nSPS) is 12.9. The molecule has 0 saturated carbocycles. The molecule has 0 unspecified atom stereocenters. The second kappa shape index (κ2) is 5.74. The predicted molar refractivity (Wildman–Crippen MR) is 75.7 cm³/mol. The maximum atomic E-state index is 12.0. The van der Waals surface area contributed by atoms with Gasteiger partial charge in [0.25, 0.3) is 5.91 Å². The van der Waals surface area contributed by atoms with Crippen molar-refractivity contribution in [3.05, 3.63) is 41.7 Å². The average Bonchev–Trinajstić information content (AvgIpc) is 3.10.